The molecule has 5 heteroatoms. The highest BCUT2D eigenvalue weighted by Crippen LogP contribution is 2.33. The van der Waals surface area contributed by atoms with Crippen molar-refractivity contribution in [3.63, 3.8) is 0 Å². The van der Waals surface area contributed by atoms with Gasteiger partial charge in [-0.2, -0.15) is 0 Å². The van der Waals surface area contributed by atoms with Gasteiger partial charge in [0.05, 0.1) is 5.60 Å². The Morgan fingerprint density at radius 3 is 2.40 bits per heavy atom. The lowest BCUT2D eigenvalue weighted by molar-refractivity contribution is -0.0119. The Labute approximate surface area is 121 Å². The lowest BCUT2D eigenvalue weighted by atomic mass is 9.77. The van der Waals surface area contributed by atoms with Crippen LogP contribution in [-0.4, -0.2) is 47.3 Å². The number of hydrogen-bond donors (Lipinski definition) is 3. The molecule has 116 valence electrons. The number of likely N-dealkylation sites (tertiary alicyclic amines) is 1. The summed E-state index contributed by atoms with van der Waals surface area (Å²) in [5, 5.41) is 14.1. The standard InChI is InChI=1S/C15H29N3O2/c1-2-12-3-7-15(20,8-4-12)11-17-13-5-9-18(10-6-13)14(16)19/h12-13,17,20H,2-11H2,1H3,(H2,16,19). The molecule has 2 aliphatic rings. The summed E-state index contributed by atoms with van der Waals surface area (Å²) in [6.07, 6.45) is 7.21. The third-order valence-electron chi connectivity index (χ3n) is 5.14. The Balaban J connectivity index is 1.69. The summed E-state index contributed by atoms with van der Waals surface area (Å²) < 4.78 is 0. The number of aliphatic hydroxyl groups is 1. The van der Waals surface area contributed by atoms with Crippen LogP contribution in [0.2, 0.25) is 0 Å². The zero-order valence-electron chi connectivity index (χ0n) is 12.6. The van der Waals surface area contributed by atoms with Crippen molar-refractivity contribution in [1.29, 1.82) is 0 Å². The number of urea groups is 1. The minimum atomic E-state index is -0.521. The normalized spacial score (nSPS) is 32.3. The van der Waals surface area contributed by atoms with Gasteiger partial charge in [-0.1, -0.05) is 13.3 Å². The Kier molecular flexibility index (Phi) is 5.27. The zero-order chi connectivity index (χ0) is 14.6. The van der Waals surface area contributed by atoms with Gasteiger partial charge >= 0.3 is 6.03 Å². The first-order valence-corrected chi connectivity index (χ1v) is 8.02. The second kappa shape index (κ2) is 6.76. The first-order chi connectivity index (χ1) is 9.52. The van der Waals surface area contributed by atoms with E-state index >= 15 is 0 Å². The number of amides is 2. The van der Waals surface area contributed by atoms with Gasteiger partial charge in [-0.25, -0.2) is 4.79 Å². The van der Waals surface area contributed by atoms with Crippen LogP contribution >= 0.6 is 0 Å². The summed E-state index contributed by atoms with van der Waals surface area (Å²) in [6.45, 7) is 4.37. The first-order valence-electron chi connectivity index (χ1n) is 8.02. The second-order valence-electron chi connectivity index (χ2n) is 6.56. The number of nitrogens with two attached hydrogens (primary N) is 1. The third-order valence-corrected chi connectivity index (χ3v) is 5.14. The minimum absolute atomic E-state index is 0.319. The quantitative estimate of drug-likeness (QED) is 0.730. The number of carbonyl (C=O) groups excluding carboxylic acids is 1. The summed E-state index contributed by atoms with van der Waals surface area (Å²) in [4.78, 5) is 12.8. The van der Waals surface area contributed by atoms with Gasteiger partial charge in [0.1, 0.15) is 0 Å². The lowest BCUT2D eigenvalue weighted by Crippen LogP contribution is -2.51. The number of rotatable bonds is 4. The van der Waals surface area contributed by atoms with Crippen LogP contribution in [-0.2, 0) is 0 Å². The monoisotopic (exact) mass is 283 g/mol. The average molecular weight is 283 g/mol. The Hall–Kier alpha value is -0.810. The van der Waals surface area contributed by atoms with E-state index in [-0.39, 0.29) is 6.03 Å². The van der Waals surface area contributed by atoms with Gasteiger partial charge in [0.2, 0.25) is 0 Å². The summed E-state index contributed by atoms with van der Waals surface area (Å²) in [6, 6.07) is 0.0819. The molecule has 2 fully saturated rings. The molecule has 2 amide bonds. The SMILES string of the molecule is CCC1CCC(O)(CNC2CCN(C(N)=O)CC2)CC1. The fraction of sp³-hybridized carbons (Fsp3) is 0.933. The number of nitrogens with zero attached hydrogens (tertiary/aromatic N) is 1. The van der Waals surface area contributed by atoms with Crippen LogP contribution in [0.25, 0.3) is 0 Å². The molecule has 20 heavy (non-hydrogen) atoms. The van der Waals surface area contributed by atoms with E-state index in [0.717, 1.165) is 57.5 Å². The minimum Gasteiger partial charge on any atom is -0.389 e. The largest absolute Gasteiger partial charge is 0.389 e. The van der Waals surface area contributed by atoms with Crippen LogP contribution in [0.5, 0.6) is 0 Å². The smallest absolute Gasteiger partial charge is 0.314 e. The molecule has 5 nitrogen and oxygen atoms in total. The lowest BCUT2D eigenvalue weighted by Gasteiger charge is -2.38. The fourth-order valence-corrected chi connectivity index (χ4v) is 3.44. The summed E-state index contributed by atoms with van der Waals surface area (Å²) in [5.74, 6) is 0.800. The molecular formula is C15H29N3O2. The molecule has 0 bridgehead atoms. The molecule has 1 aliphatic carbocycles. The summed E-state index contributed by atoms with van der Waals surface area (Å²) in [7, 11) is 0. The van der Waals surface area contributed by atoms with E-state index in [4.69, 9.17) is 5.73 Å². The van der Waals surface area contributed by atoms with E-state index in [1.165, 1.54) is 6.42 Å². The molecule has 0 aromatic carbocycles. The van der Waals surface area contributed by atoms with E-state index in [2.05, 4.69) is 12.2 Å². The number of hydrogen-bond acceptors (Lipinski definition) is 3. The molecular weight excluding hydrogens is 254 g/mol. The molecule has 1 saturated heterocycles. The van der Waals surface area contributed by atoms with Gasteiger partial charge in [0, 0.05) is 25.7 Å². The van der Waals surface area contributed by atoms with Crippen molar-refractivity contribution in [3.05, 3.63) is 0 Å². The van der Waals surface area contributed by atoms with Crippen LogP contribution in [0, 0.1) is 5.92 Å². The van der Waals surface area contributed by atoms with Crippen LogP contribution in [0.15, 0.2) is 0 Å². The van der Waals surface area contributed by atoms with Crippen LogP contribution in [0.1, 0.15) is 51.9 Å². The van der Waals surface area contributed by atoms with Gasteiger partial charge < -0.3 is 21.1 Å². The predicted molar refractivity (Wildman–Crippen MR) is 79.4 cm³/mol. The van der Waals surface area contributed by atoms with Gasteiger partial charge in [-0.3, -0.25) is 0 Å². The fourth-order valence-electron chi connectivity index (χ4n) is 3.44. The van der Waals surface area contributed by atoms with Gasteiger partial charge in [-0.15, -0.1) is 0 Å². The average Bonchev–Trinajstić information content (AvgIpc) is 2.46. The Morgan fingerprint density at radius 2 is 1.90 bits per heavy atom. The van der Waals surface area contributed by atoms with Crippen LogP contribution in [0.3, 0.4) is 0 Å². The molecule has 0 radical (unpaired) electrons. The van der Waals surface area contributed by atoms with Crippen molar-refractivity contribution in [2.45, 2.75) is 63.5 Å². The van der Waals surface area contributed by atoms with Crippen LogP contribution < -0.4 is 11.1 Å². The molecule has 4 N–H and O–H groups in total. The van der Waals surface area contributed by atoms with E-state index in [1.807, 2.05) is 0 Å². The first kappa shape index (κ1) is 15.6. The van der Waals surface area contributed by atoms with Crippen molar-refractivity contribution in [3.8, 4) is 0 Å². The molecule has 1 saturated carbocycles. The van der Waals surface area contributed by atoms with E-state index in [0.29, 0.717) is 12.6 Å². The van der Waals surface area contributed by atoms with E-state index < -0.39 is 5.60 Å². The highest BCUT2D eigenvalue weighted by molar-refractivity contribution is 5.72. The molecule has 0 atom stereocenters. The van der Waals surface area contributed by atoms with Crippen molar-refractivity contribution < 1.29 is 9.90 Å². The van der Waals surface area contributed by atoms with E-state index in [1.54, 1.807) is 4.90 Å². The Bertz CT molecular complexity index is 319. The maximum atomic E-state index is 11.1. The molecule has 1 aliphatic heterocycles. The molecule has 1 heterocycles. The predicted octanol–water partition coefficient (Wildman–Crippen LogP) is 1.45. The second-order valence-corrected chi connectivity index (χ2v) is 6.56. The van der Waals surface area contributed by atoms with Gasteiger partial charge in [0.15, 0.2) is 0 Å². The Morgan fingerprint density at radius 1 is 1.30 bits per heavy atom. The van der Waals surface area contributed by atoms with Crippen molar-refractivity contribution in [2.24, 2.45) is 11.7 Å². The zero-order valence-corrected chi connectivity index (χ0v) is 12.6. The van der Waals surface area contributed by atoms with Gasteiger partial charge in [-0.05, 0) is 44.4 Å². The summed E-state index contributed by atoms with van der Waals surface area (Å²) in [5.41, 5.74) is 4.76. The number of piperidine rings is 1. The van der Waals surface area contributed by atoms with Crippen LogP contribution in [0.4, 0.5) is 4.79 Å². The summed E-state index contributed by atoms with van der Waals surface area (Å²) >= 11 is 0. The highest BCUT2D eigenvalue weighted by Gasteiger charge is 2.33. The molecule has 0 spiro atoms. The van der Waals surface area contributed by atoms with Crippen molar-refractivity contribution >= 4 is 6.03 Å². The molecule has 0 unspecified atom stereocenters. The molecule has 0 aromatic rings. The number of carbonyl (C=O) groups is 1. The molecule has 2 rings (SSSR count). The highest BCUT2D eigenvalue weighted by atomic mass is 16.3. The number of primary amides is 1. The maximum absolute atomic E-state index is 11.1. The van der Waals surface area contributed by atoms with Crippen molar-refractivity contribution in [2.75, 3.05) is 19.6 Å². The van der Waals surface area contributed by atoms with Crippen molar-refractivity contribution in [1.82, 2.24) is 10.2 Å². The third kappa shape index (κ3) is 4.09. The van der Waals surface area contributed by atoms with E-state index in [9.17, 15) is 9.90 Å². The topological polar surface area (TPSA) is 78.6 Å². The molecule has 0 aromatic heterocycles. The van der Waals surface area contributed by atoms with Gasteiger partial charge in [0.25, 0.3) is 0 Å². The number of nitrogens with one attached hydrogen (secondary N) is 1. The maximum Gasteiger partial charge on any atom is 0.314 e.